The average molecular weight is 416 g/mol. The van der Waals surface area contributed by atoms with Crippen LogP contribution in [0.15, 0.2) is 28.9 Å². The summed E-state index contributed by atoms with van der Waals surface area (Å²) in [5, 5.41) is 1.31. The third-order valence-electron chi connectivity index (χ3n) is 5.99. The first-order valence-electron chi connectivity index (χ1n) is 9.62. The zero-order valence-corrected chi connectivity index (χ0v) is 17.3. The molecule has 1 aliphatic heterocycles. The van der Waals surface area contributed by atoms with Crippen LogP contribution in [-0.2, 0) is 11.2 Å². The van der Waals surface area contributed by atoms with Crippen LogP contribution in [0.4, 0.5) is 0 Å². The molecule has 1 aliphatic carbocycles. The van der Waals surface area contributed by atoms with Crippen LogP contribution < -0.4 is 0 Å². The molecule has 2 heterocycles. The van der Waals surface area contributed by atoms with Crippen molar-refractivity contribution < 1.29 is 4.79 Å². The number of benzene rings is 1. The largest absolute Gasteiger partial charge is 0.349 e. The average Bonchev–Trinajstić information content (AvgIpc) is 2.99. The molecule has 2 atom stereocenters. The van der Waals surface area contributed by atoms with Crippen LogP contribution in [0, 0.1) is 5.92 Å². The second-order valence-electron chi connectivity index (χ2n) is 7.19. The van der Waals surface area contributed by atoms with Crippen LogP contribution >= 0.6 is 15.9 Å². The molecule has 0 saturated heterocycles. The summed E-state index contributed by atoms with van der Waals surface area (Å²) in [4.78, 5) is 20.9. The molecule has 138 valence electrons. The molecule has 1 aromatic heterocycles. The lowest BCUT2D eigenvalue weighted by Gasteiger charge is -2.42. The highest BCUT2D eigenvalue weighted by atomic mass is 79.9. The van der Waals surface area contributed by atoms with Gasteiger partial charge in [-0.05, 0) is 65.5 Å². The van der Waals surface area contributed by atoms with Crippen molar-refractivity contribution in [2.24, 2.45) is 5.92 Å². The number of fused-ring (bicyclic) bond motifs is 2. The molecule has 5 heteroatoms. The molecule has 1 amide bonds. The third kappa shape index (κ3) is 2.64. The van der Waals surface area contributed by atoms with Crippen molar-refractivity contribution in [2.75, 3.05) is 26.2 Å². The molecular weight excluding hydrogens is 390 g/mol. The van der Waals surface area contributed by atoms with E-state index in [0.29, 0.717) is 6.04 Å². The quantitative estimate of drug-likeness (QED) is 0.817. The highest BCUT2D eigenvalue weighted by Gasteiger charge is 2.38. The summed E-state index contributed by atoms with van der Waals surface area (Å²) in [6, 6.07) is 6.81. The Kier molecular flexibility index (Phi) is 4.70. The number of H-pyrrole nitrogens is 1. The zero-order chi connectivity index (χ0) is 18.4. The summed E-state index contributed by atoms with van der Waals surface area (Å²) in [6.45, 7) is 9.63. The molecule has 0 radical (unpaired) electrons. The van der Waals surface area contributed by atoms with Gasteiger partial charge in [-0.25, -0.2) is 0 Å². The maximum atomic E-state index is 13.0. The van der Waals surface area contributed by atoms with Gasteiger partial charge < -0.3 is 9.88 Å². The lowest BCUT2D eigenvalue weighted by Crippen LogP contribution is -2.49. The number of halogens is 1. The van der Waals surface area contributed by atoms with Gasteiger partial charge in [-0.15, -0.1) is 0 Å². The van der Waals surface area contributed by atoms with Gasteiger partial charge in [0.1, 0.15) is 0 Å². The van der Waals surface area contributed by atoms with Crippen molar-refractivity contribution in [1.82, 2.24) is 14.8 Å². The number of hydrogen-bond donors (Lipinski definition) is 1. The predicted molar refractivity (Wildman–Crippen MR) is 110 cm³/mol. The van der Waals surface area contributed by atoms with Crippen LogP contribution in [0.3, 0.4) is 0 Å². The minimum absolute atomic E-state index is 0.0553. The van der Waals surface area contributed by atoms with Crippen molar-refractivity contribution in [3.8, 4) is 0 Å². The second-order valence-corrected chi connectivity index (χ2v) is 7.99. The van der Waals surface area contributed by atoms with Crippen molar-refractivity contribution in [2.45, 2.75) is 33.2 Å². The van der Waals surface area contributed by atoms with Gasteiger partial charge in [-0.2, -0.15) is 0 Å². The Labute approximate surface area is 163 Å². The van der Waals surface area contributed by atoms with E-state index >= 15 is 0 Å². The number of amides is 1. The number of hydrogen-bond acceptors (Lipinski definition) is 2. The van der Waals surface area contributed by atoms with E-state index < -0.39 is 0 Å². The lowest BCUT2D eigenvalue weighted by molar-refractivity contribution is -0.134. The van der Waals surface area contributed by atoms with Crippen LogP contribution in [0.25, 0.3) is 16.5 Å². The van der Waals surface area contributed by atoms with E-state index in [4.69, 9.17) is 0 Å². The summed E-state index contributed by atoms with van der Waals surface area (Å²) >= 11 is 3.71. The molecule has 0 spiro atoms. The fourth-order valence-electron chi connectivity index (χ4n) is 4.64. The Morgan fingerprint density at radius 2 is 2.08 bits per heavy atom. The van der Waals surface area contributed by atoms with E-state index in [1.165, 1.54) is 27.6 Å². The number of carbonyl (C=O) groups excluding carboxylic acids is 1. The van der Waals surface area contributed by atoms with Gasteiger partial charge >= 0.3 is 0 Å². The number of aromatic nitrogens is 1. The SMILES string of the molecule is CCN(CC)C(=O)[C@@H]1C=C2c3cccc4[nH]c(Br)c(c34)C[C@H]2N(CC)C1. The van der Waals surface area contributed by atoms with Crippen LogP contribution in [-0.4, -0.2) is 52.9 Å². The maximum absolute atomic E-state index is 13.0. The molecular formula is C21H26BrN3O. The highest BCUT2D eigenvalue weighted by molar-refractivity contribution is 9.10. The minimum atomic E-state index is -0.0553. The van der Waals surface area contributed by atoms with E-state index in [1.807, 2.05) is 4.90 Å². The Hall–Kier alpha value is -1.59. The molecule has 1 N–H and O–H groups in total. The number of aromatic amines is 1. The molecule has 0 bridgehead atoms. The van der Waals surface area contributed by atoms with Crippen molar-refractivity contribution in [3.63, 3.8) is 0 Å². The number of nitrogens with one attached hydrogen (secondary N) is 1. The molecule has 4 nitrogen and oxygen atoms in total. The van der Waals surface area contributed by atoms with E-state index in [0.717, 1.165) is 37.2 Å². The van der Waals surface area contributed by atoms with E-state index in [9.17, 15) is 4.79 Å². The first-order chi connectivity index (χ1) is 12.6. The summed E-state index contributed by atoms with van der Waals surface area (Å²) in [5.74, 6) is 0.202. The van der Waals surface area contributed by atoms with Crippen LogP contribution in [0.5, 0.6) is 0 Å². The van der Waals surface area contributed by atoms with Gasteiger partial charge in [-0.1, -0.05) is 25.1 Å². The lowest BCUT2D eigenvalue weighted by atomic mass is 9.79. The third-order valence-corrected chi connectivity index (χ3v) is 6.67. The maximum Gasteiger partial charge on any atom is 0.230 e. The second kappa shape index (κ2) is 6.86. The van der Waals surface area contributed by atoms with Crippen molar-refractivity contribution >= 4 is 38.3 Å². The molecule has 1 aromatic carbocycles. The number of likely N-dealkylation sites (N-methyl/N-ethyl adjacent to an activating group) is 1. The molecule has 2 aromatic rings. The topological polar surface area (TPSA) is 39.3 Å². The minimum Gasteiger partial charge on any atom is -0.349 e. The summed E-state index contributed by atoms with van der Waals surface area (Å²) in [6.07, 6.45) is 3.25. The predicted octanol–water partition coefficient (Wildman–Crippen LogP) is 4.06. The van der Waals surface area contributed by atoms with Crippen LogP contribution in [0.2, 0.25) is 0 Å². The monoisotopic (exact) mass is 415 g/mol. The molecule has 26 heavy (non-hydrogen) atoms. The normalized spacial score (nSPS) is 22.2. The molecule has 2 aliphatic rings. The Bertz CT molecular complexity index is 881. The number of nitrogens with zero attached hydrogens (tertiary/aromatic N) is 2. The van der Waals surface area contributed by atoms with Crippen molar-refractivity contribution in [3.05, 3.63) is 40.0 Å². The Balaban J connectivity index is 1.84. The highest BCUT2D eigenvalue weighted by Crippen LogP contribution is 2.43. The fraction of sp³-hybridized carbons (Fsp3) is 0.476. The van der Waals surface area contributed by atoms with Crippen LogP contribution in [0.1, 0.15) is 31.9 Å². The number of rotatable bonds is 4. The van der Waals surface area contributed by atoms with Gasteiger partial charge in [0.15, 0.2) is 0 Å². The molecule has 0 saturated carbocycles. The molecule has 0 fully saturated rings. The van der Waals surface area contributed by atoms with Gasteiger partial charge in [0.2, 0.25) is 5.91 Å². The van der Waals surface area contributed by atoms with Gasteiger partial charge in [0.25, 0.3) is 0 Å². The summed E-state index contributed by atoms with van der Waals surface area (Å²) < 4.78 is 1.09. The standard InChI is InChI=1S/C21H26BrN3O/c1-4-24(5-2)21(26)13-10-15-14-8-7-9-17-19(14)16(20(22)23-17)11-18(15)25(6-3)12-13/h7-10,13,18,23H,4-6,11-12H2,1-3H3/t13-,18-/m1/s1. The van der Waals surface area contributed by atoms with Gasteiger partial charge in [0.05, 0.1) is 10.5 Å². The van der Waals surface area contributed by atoms with E-state index in [2.05, 4.69) is 70.9 Å². The first kappa shape index (κ1) is 17.8. The Morgan fingerprint density at radius 1 is 1.31 bits per heavy atom. The Morgan fingerprint density at radius 3 is 2.77 bits per heavy atom. The van der Waals surface area contributed by atoms with E-state index in [1.54, 1.807) is 0 Å². The summed E-state index contributed by atoms with van der Waals surface area (Å²) in [7, 11) is 0. The molecule has 4 rings (SSSR count). The van der Waals surface area contributed by atoms with E-state index in [-0.39, 0.29) is 11.8 Å². The van der Waals surface area contributed by atoms with Crippen molar-refractivity contribution in [1.29, 1.82) is 0 Å². The number of carbonyl (C=O) groups is 1. The summed E-state index contributed by atoms with van der Waals surface area (Å²) in [5.41, 5.74) is 5.15. The first-order valence-corrected chi connectivity index (χ1v) is 10.4. The van der Waals surface area contributed by atoms with Gasteiger partial charge in [-0.3, -0.25) is 9.69 Å². The smallest absolute Gasteiger partial charge is 0.230 e. The fourth-order valence-corrected chi connectivity index (χ4v) is 5.22. The molecule has 0 unspecified atom stereocenters. The zero-order valence-electron chi connectivity index (χ0n) is 15.7. The van der Waals surface area contributed by atoms with Gasteiger partial charge in [0, 0.05) is 36.6 Å².